The lowest BCUT2D eigenvalue weighted by atomic mass is 10.2. The van der Waals surface area contributed by atoms with Crippen molar-refractivity contribution in [3.8, 4) is 23.0 Å². The van der Waals surface area contributed by atoms with E-state index in [1.807, 2.05) is 24.3 Å². The van der Waals surface area contributed by atoms with Crippen molar-refractivity contribution >= 4 is 0 Å². The van der Waals surface area contributed by atoms with Crippen molar-refractivity contribution in [3.63, 3.8) is 0 Å². The minimum absolute atomic E-state index is 0.428. The fourth-order valence-corrected chi connectivity index (χ4v) is 1.74. The highest BCUT2D eigenvalue weighted by molar-refractivity contribution is 5.45. The molecule has 0 aliphatic carbocycles. The summed E-state index contributed by atoms with van der Waals surface area (Å²) in [6.45, 7) is 0.428. The van der Waals surface area contributed by atoms with Crippen LogP contribution in [0.25, 0.3) is 0 Å². The van der Waals surface area contributed by atoms with E-state index in [4.69, 9.17) is 19.9 Å². The minimum Gasteiger partial charge on any atom is -0.496 e. The molecule has 4 nitrogen and oxygen atoms in total. The lowest BCUT2D eigenvalue weighted by molar-refractivity contribution is 0.386. The molecular weight excluding hydrogens is 242 g/mol. The lowest BCUT2D eigenvalue weighted by Crippen LogP contribution is -1.99. The molecule has 0 aromatic heterocycles. The van der Waals surface area contributed by atoms with Crippen LogP contribution in [0.5, 0.6) is 23.0 Å². The van der Waals surface area contributed by atoms with Gasteiger partial charge in [0.2, 0.25) is 0 Å². The first-order valence-corrected chi connectivity index (χ1v) is 5.95. The molecule has 0 unspecified atom stereocenters. The van der Waals surface area contributed by atoms with E-state index in [2.05, 4.69) is 0 Å². The van der Waals surface area contributed by atoms with Gasteiger partial charge in [0.1, 0.15) is 23.0 Å². The predicted molar refractivity (Wildman–Crippen MR) is 74.0 cm³/mol. The van der Waals surface area contributed by atoms with Crippen molar-refractivity contribution in [2.24, 2.45) is 5.73 Å². The van der Waals surface area contributed by atoms with Gasteiger partial charge in [0.15, 0.2) is 0 Å². The Kier molecular flexibility index (Phi) is 4.26. The van der Waals surface area contributed by atoms with E-state index in [1.165, 1.54) is 0 Å². The van der Waals surface area contributed by atoms with Crippen molar-refractivity contribution in [3.05, 3.63) is 48.0 Å². The lowest BCUT2D eigenvalue weighted by Gasteiger charge is -2.12. The van der Waals surface area contributed by atoms with Crippen LogP contribution in [0.2, 0.25) is 0 Å². The van der Waals surface area contributed by atoms with Crippen LogP contribution in [-0.2, 0) is 6.54 Å². The summed E-state index contributed by atoms with van der Waals surface area (Å²) in [5, 5.41) is 0. The van der Waals surface area contributed by atoms with E-state index in [0.717, 1.165) is 11.3 Å². The quantitative estimate of drug-likeness (QED) is 0.897. The number of ether oxygens (including phenoxy) is 3. The largest absolute Gasteiger partial charge is 0.496 e. The van der Waals surface area contributed by atoms with Crippen LogP contribution < -0.4 is 19.9 Å². The highest BCUT2D eigenvalue weighted by Crippen LogP contribution is 2.32. The summed E-state index contributed by atoms with van der Waals surface area (Å²) in [5.74, 6) is 2.75. The summed E-state index contributed by atoms with van der Waals surface area (Å²) in [6, 6.07) is 13.1. The standard InChI is InChI=1S/C15H17NO3/c1-17-12-7-13(18-2)9-14(8-12)19-15-6-4-3-5-11(15)10-16/h3-9H,10,16H2,1-2H3. The molecule has 0 bridgehead atoms. The van der Waals surface area contributed by atoms with Crippen molar-refractivity contribution in [2.45, 2.75) is 6.54 Å². The molecule has 0 aliphatic rings. The molecule has 2 aromatic rings. The van der Waals surface area contributed by atoms with Gasteiger partial charge in [-0.3, -0.25) is 0 Å². The van der Waals surface area contributed by atoms with Crippen LogP contribution in [0.4, 0.5) is 0 Å². The number of nitrogens with two attached hydrogens (primary N) is 1. The fourth-order valence-electron chi connectivity index (χ4n) is 1.74. The fraction of sp³-hybridized carbons (Fsp3) is 0.200. The Morgan fingerprint density at radius 2 is 1.47 bits per heavy atom. The van der Waals surface area contributed by atoms with Gasteiger partial charge < -0.3 is 19.9 Å². The molecule has 2 rings (SSSR count). The summed E-state index contributed by atoms with van der Waals surface area (Å²) < 4.78 is 16.3. The topological polar surface area (TPSA) is 53.7 Å². The van der Waals surface area contributed by atoms with E-state index in [-0.39, 0.29) is 0 Å². The van der Waals surface area contributed by atoms with Gasteiger partial charge in [-0.25, -0.2) is 0 Å². The van der Waals surface area contributed by atoms with E-state index in [1.54, 1.807) is 32.4 Å². The third kappa shape index (κ3) is 3.17. The van der Waals surface area contributed by atoms with E-state index >= 15 is 0 Å². The molecule has 0 aliphatic heterocycles. The van der Waals surface area contributed by atoms with Crippen LogP contribution in [-0.4, -0.2) is 14.2 Å². The van der Waals surface area contributed by atoms with Gasteiger partial charge in [0, 0.05) is 30.3 Å². The second-order valence-corrected chi connectivity index (χ2v) is 3.96. The van der Waals surface area contributed by atoms with Gasteiger partial charge in [-0.1, -0.05) is 18.2 Å². The second-order valence-electron chi connectivity index (χ2n) is 3.96. The number of benzene rings is 2. The Morgan fingerprint density at radius 3 is 2.05 bits per heavy atom. The number of methoxy groups -OCH3 is 2. The molecule has 2 aromatic carbocycles. The molecule has 0 radical (unpaired) electrons. The molecule has 0 atom stereocenters. The van der Waals surface area contributed by atoms with Crippen LogP contribution in [0.15, 0.2) is 42.5 Å². The molecular formula is C15H17NO3. The first-order chi connectivity index (χ1) is 9.26. The maximum absolute atomic E-state index is 5.85. The van der Waals surface area contributed by atoms with Gasteiger partial charge in [-0.15, -0.1) is 0 Å². The predicted octanol–water partition coefficient (Wildman–Crippen LogP) is 2.95. The average Bonchev–Trinajstić information content (AvgIpc) is 2.47. The van der Waals surface area contributed by atoms with Gasteiger partial charge in [0.25, 0.3) is 0 Å². The van der Waals surface area contributed by atoms with Gasteiger partial charge in [-0.05, 0) is 6.07 Å². The Balaban J connectivity index is 2.32. The molecule has 19 heavy (non-hydrogen) atoms. The van der Waals surface area contributed by atoms with Crippen LogP contribution in [0.1, 0.15) is 5.56 Å². The molecule has 100 valence electrons. The molecule has 4 heteroatoms. The highest BCUT2D eigenvalue weighted by Gasteiger charge is 2.06. The van der Waals surface area contributed by atoms with E-state index in [9.17, 15) is 0 Å². The zero-order chi connectivity index (χ0) is 13.7. The average molecular weight is 259 g/mol. The minimum atomic E-state index is 0.428. The molecule has 0 amide bonds. The molecule has 0 saturated heterocycles. The number of hydrogen-bond donors (Lipinski definition) is 1. The van der Waals surface area contributed by atoms with Gasteiger partial charge in [-0.2, -0.15) is 0 Å². The summed E-state index contributed by atoms with van der Waals surface area (Å²) >= 11 is 0. The maximum atomic E-state index is 5.85. The van der Waals surface area contributed by atoms with Crippen molar-refractivity contribution < 1.29 is 14.2 Å². The molecule has 0 spiro atoms. The smallest absolute Gasteiger partial charge is 0.134 e. The van der Waals surface area contributed by atoms with E-state index < -0.39 is 0 Å². The molecule has 0 saturated carbocycles. The first kappa shape index (κ1) is 13.2. The zero-order valence-electron chi connectivity index (χ0n) is 11.1. The maximum Gasteiger partial charge on any atom is 0.134 e. The van der Waals surface area contributed by atoms with Crippen molar-refractivity contribution in [1.29, 1.82) is 0 Å². The SMILES string of the molecule is COc1cc(OC)cc(Oc2ccccc2CN)c1. The van der Waals surface area contributed by atoms with Crippen LogP contribution >= 0.6 is 0 Å². The normalized spacial score (nSPS) is 10.1. The van der Waals surface area contributed by atoms with Crippen LogP contribution in [0, 0.1) is 0 Å². The second kappa shape index (κ2) is 6.11. The highest BCUT2D eigenvalue weighted by atomic mass is 16.5. The summed E-state index contributed by atoms with van der Waals surface area (Å²) in [7, 11) is 3.21. The summed E-state index contributed by atoms with van der Waals surface area (Å²) in [4.78, 5) is 0. The van der Waals surface area contributed by atoms with Gasteiger partial charge >= 0.3 is 0 Å². The Morgan fingerprint density at radius 1 is 0.895 bits per heavy atom. The van der Waals surface area contributed by atoms with E-state index in [0.29, 0.717) is 23.8 Å². The third-order valence-corrected chi connectivity index (χ3v) is 2.75. The first-order valence-electron chi connectivity index (χ1n) is 5.95. The number of rotatable bonds is 5. The zero-order valence-corrected chi connectivity index (χ0v) is 11.1. The Labute approximate surface area is 112 Å². The Bertz CT molecular complexity index is 533. The number of hydrogen-bond acceptors (Lipinski definition) is 4. The van der Waals surface area contributed by atoms with Crippen molar-refractivity contribution in [1.82, 2.24) is 0 Å². The monoisotopic (exact) mass is 259 g/mol. The van der Waals surface area contributed by atoms with Gasteiger partial charge in [0.05, 0.1) is 14.2 Å². The third-order valence-electron chi connectivity index (χ3n) is 2.75. The Hall–Kier alpha value is -2.20. The molecule has 2 N–H and O–H groups in total. The summed E-state index contributed by atoms with van der Waals surface area (Å²) in [5.41, 5.74) is 6.64. The van der Waals surface area contributed by atoms with Crippen molar-refractivity contribution in [2.75, 3.05) is 14.2 Å². The molecule has 0 heterocycles. The number of para-hydroxylation sites is 1. The van der Waals surface area contributed by atoms with Crippen LogP contribution in [0.3, 0.4) is 0 Å². The summed E-state index contributed by atoms with van der Waals surface area (Å²) in [6.07, 6.45) is 0. The molecule has 0 fully saturated rings.